The molecule has 2 rings (SSSR count). The van der Waals surface area contributed by atoms with Crippen molar-refractivity contribution >= 4 is 16.0 Å². The highest BCUT2D eigenvalue weighted by atomic mass is 32.2. The summed E-state index contributed by atoms with van der Waals surface area (Å²) in [6.07, 6.45) is 0. The fourth-order valence-corrected chi connectivity index (χ4v) is 2.96. The Morgan fingerprint density at radius 1 is 0.958 bits per heavy atom. The van der Waals surface area contributed by atoms with Crippen LogP contribution in [0.3, 0.4) is 0 Å². The van der Waals surface area contributed by atoms with Crippen molar-refractivity contribution in [2.45, 2.75) is 24.7 Å². The lowest BCUT2D eigenvalue weighted by molar-refractivity contribution is 0.0734. The predicted octanol–water partition coefficient (Wildman–Crippen LogP) is 3.28. The van der Waals surface area contributed by atoms with Gasteiger partial charge in [0.2, 0.25) is 10.0 Å². The van der Waals surface area contributed by atoms with Crippen LogP contribution in [0.25, 0.3) is 0 Å². The van der Waals surface area contributed by atoms with Crippen LogP contribution in [0.1, 0.15) is 35.7 Å². The van der Waals surface area contributed by atoms with Crippen molar-refractivity contribution in [2.24, 2.45) is 0 Å². The zero-order chi connectivity index (χ0) is 17.9. The number of rotatable bonds is 5. The molecule has 0 radical (unpaired) electrons. The molecule has 0 atom stereocenters. The van der Waals surface area contributed by atoms with Crippen LogP contribution in [0.15, 0.2) is 53.4 Å². The summed E-state index contributed by atoms with van der Waals surface area (Å²) in [6.45, 7) is 4.18. The second kappa shape index (κ2) is 7.15. The maximum Gasteiger partial charge on any atom is 0.343 e. The molecule has 24 heavy (non-hydrogen) atoms. The van der Waals surface area contributed by atoms with Gasteiger partial charge in [-0.1, -0.05) is 26.0 Å². The molecule has 2 aromatic rings. The van der Waals surface area contributed by atoms with Crippen LogP contribution >= 0.6 is 0 Å². The summed E-state index contributed by atoms with van der Waals surface area (Å²) < 4.78 is 30.4. The number of carbonyl (C=O) groups excluding carboxylic acids is 1. The van der Waals surface area contributed by atoms with Gasteiger partial charge in [-0.3, -0.25) is 0 Å². The van der Waals surface area contributed by atoms with Crippen LogP contribution in [-0.4, -0.2) is 32.8 Å². The van der Waals surface area contributed by atoms with Crippen LogP contribution in [0.2, 0.25) is 0 Å². The zero-order valence-corrected chi connectivity index (χ0v) is 15.0. The first-order chi connectivity index (χ1) is 11.2. The van der Waals surface area contributed by atoms with Gasteiger partial charge in [0.1, 0.15) is 5.75 Å². The summed E-state index contributed by atoms with van der Waals surface area (Å²) in [7, 11) is -0.597. The van der Waals surface area contributed by atoms with Gasteiger partial charge < -0.3 is 4.74 Å². The highest BCUT2D eigenvalue weighted by Crippen LogP contribution is 2.20. The number of ether oxygens (including phenoxy) is 1. The molecule has 0 fully saturated rings. The van der Waals surface area contributed by atoms with Crippen molar-refractivity contribution in [1.82, 2.24) is 4.31 Å². The third-order valence-corrected chi connectivity index (χ3v) is 5.46. The zero-order valence-electron chi connectivity index (χ0n) is 14.2. The van der Waals surface area contributed by atoms with Crippen molar-refractivity contribution in [3.8, 4) is 5.75 Å². The van der Waals surface area contributed by atoms with Gasteiger partial charge in [0.15, 0.2) is 0 Å². The second-order valence-corrected chi connectivity index (χ2v) is 8.08. The number of hydrogen-bond donors (Lipinski definition) is 0. The summed E-state index contributed by atoms with van der Waals surface area (Å²) in [5.41, 5.74) is 1.45. The minimum atomic E-state index is -3.51. The van der Waals surface area contributed by atoms with Crippen LogP contribution in [0.5, 0.6) is 5.75 Å². The van der Waals surface area contributed by atoms with E-state index in [2.05, 4.69) is 13.8 Å². The molecule has 0 bridgehead atoms. The van der Waals surface area contributed by atoms with Gasteiger partial charge >= 0.3 is 5.97 Å². The highest BCUT2D eigenvalue weighted by Gasteiger charge is 2.18. The van der Waals surface area contributed by atoms with Gasteiger partial charge in [-0.2, -0.15) is 0 Å². The molecule has 0 amide bonds. The molecule has 0 aliphatic rings. The molecule has 0 N–H and O–H groups in total. The molecule has 0 saturated carbocycles. The number of nitrogens with zero attached hydrogens (tertiary/aromatic N) is 1. The van der Waals surface area contributed by atoms with E-state index in [-0.39, 0.29) is 4.90 Å². The lowest BCUT2D eigenvalue weighted by atomic mass is 10.0. The molecule has 0 aliphatic heterocycles. The molecular formula is C18H21NO4S. The summed E-state index contributed by atoms with van der Waals surface area (Å²) in [5, 5.41) is 0. The standard InChI is InChI=1S/C18H21NO4S/c1-13(2)14-5-9-16(10-6-14)23-18(20)15-7-11-17(12-8-15)24(21,22)19(3)4/h5-13H,1-4H3. The quantitative estimate of drug-likeness (QED) is 0.615. The monoisotopic (exact) mass is 347 g/mol. The maximum atomic E-state index is 12.1. The summed E-state index contributed by atoms with van der Waals surface area (Å²) >= 11 is 0. The van der Waals surface area contributed by atoms with E-state index in [0.29, 0.717) is 17.2 Å². The van der Waals surface area contributed by atoms with Gasteiger partial charge in [0, 0.05) is 14.1 Å². The van der Waals surface area contributed by atoms with Gasteiger partial charge in [-0.05, 0) is 47.9 Å². The minimum Gasteiger partial charge on any atom is -0.423 e. The van der Waals surface area contributed by atoms with Crippen LogP contribution in [0.4, 0.5) is 0 Å². The van der Waals surface area contributed by atoms with Crippen LogP contribution < -0.4 is 4.74 Å². The van der Waals surface area contributed by atoms with E-state index in [0.717, 1.165) is 9.87 Å². The molecule has 0 unspecified atom stereocenters. The van der Waals surface area contributed by atoms with Crippen molar-refractivity contribution in [3.63, 3.8) is 0 Å². The topological polar surface area (TPSA) is 63.7 Å². The lowest BCUT2D eigenvalue weighted by Crippen LogP contribution is -2.22. The third kappa shape index (κ3) is 4.01. The Labute approximate surface area is 142 Å². The van der Waals surface area contributed by atoms with Gasteiger partial charge in [-0.25, -0.2) is 17.5 Å². The molecule has 6 heteroatoms. The molecule has 0 spiro atoms. The number of sulfonamides is 1. The second-order valence-electron chi connectivity index (χ2n) is 5.93. The SMILES string of the molecule is CC(C)c1ccc(OC(=O)c2ccc(S(=O)(=O)N(C)C)cc2)cc1. The summed E-state index contributed by atoms with van der Waals surface area (Å²) in [6, 6.07) is 13.0. The average molecular weight is 347 g/mol. The molecular weight excluding hydrogens is 326 g/mol. The van der Waals surface area contributed by atoms with E-state index in [4.69, 9.17) is 4.74 Å². The Morgan fingerprint density at radius 3 is 1.96 bits per heavy atom. The lowest BCUT2D eigenvalue weighted by Gasteiger charge is -2.11. The summed E-state index contributed by atoms with van der Waals surface area (Å²) in [5.74, 6) is 0.330. The van der Waals surface area contributed by atoms with Crippen molar-refractivity contribution in [2.75, 3.05) is 14.1 Å². The van der Waals surface area contributed by atoms with Crippen molar-refractivity contribution in [3.05, 3.63) is 59.7 Å². The Balaban J connectivity index is 2.13. The summed E-state index contributed by atoms with van der Waals surface area (Å²) in [4.78, 5) is 12.3. The molecule has 0 heterocycles. The van der Waals surface area contributed by atoms with Gasteiger partial charge in [0.05, 0.1) is 10.5 Å². The van der Waals surface area contributed by atoms with E-state index in [1.165, 1.54) is 38.4 Å². The number of carbonyl (C=O) groups is 1. The Bertz CT molecular complexity index is 807. The average Bonchev–Trinajstić information content (AvgIpc) is 2.55. The molecule has 0 aliphatic carbocycles. The van der Waals surface area contributed by atoms with E-state index in [1.807, 2.05) is 12.1 Å². The van der Waals surface area contributed by atoms with Gasteiger partial charge in [0.25, 0.3) is 0 Å². The molecule has 0 aromatic heterocycles. The third-order valence-electron chi connectivity index (χ3n) is 3.63. The van der Waals surface area contributed by atoms with E-state index in [1.54, 1.807) is 12.1 Å². The number of benzene rings is 2. The number of hydrogen-bond acceptors (Lipinski definition) is 4. The molecule has 0 saturated heterocycles. The van der Waals surface area contributed by atoms with Crippen LogP contribution in [-0.2, 0) is 10.0 Å². The largest absolute Gasteiger partial charge is 0.423 e. The normalized spacial score (nSPS) is 11.8. The smallest absolute Gasteiger partial charge is 0.343 e. The van der Waals surface area contributed by atoms with E-state index >= 15 is 0 Å². The first kappa shape index (κ1) is 18.2. The fourth-order valence-electron chi connectivity index (χ4n) is 2.06. The first-order valence-electron chi connectivity index (χ1n) is 7.56. The fraction of sp³-hybridized carbons (Fsp3) is 0.278. The Morgan fingerprint density at radius 2 is 1.50 bits per heavy atom. The Hall–Kier alpha value is -2.18. The van der Waals surface area contributed by atoms with Crippen molar-refractivity contribution in [1.29, 1.82) is 0 Å². The van der Waals surface area contributed by atoms with Gasteiger partial charge in [-0.15, -0.1) is 0 Å². The minimum absolute atomic E-state index is 0.130. The molecule has 5 nitrogen and oxygen atoms in total. The van der Waals surface area contributed by atoms with E-state index < -0.39 is 16.0 Å². The molecule has 128 valence electrons. The first-order valence-corrected chi connectivity index (χ1v) is 9.00. The predicted molar refractivity (Wildman–Crippen MR) is 92.8 cm³/mol. The van der Waals surface area contributed by atoms with Crippen LogP contribution in [0, 0.1) is 0 Å². The highest BCUT2D eigenvalue weighted by molar-refractivity contribution is 7.89. The molecule has 2 aromatic carbocycles. The Kier molecular flexibility index (Phi) is 5.41. The maximum absolute atomic E-state index is 12.1. The van der Waals surface area contributed by atoms with Crippen molar-refractivity contribution < 1.29 is 17.9 Å². The number of esters is 1. The van der Waals surface area contributed by atoms with E-state index in [9.17, 15) is 13.2 Å².